The van der Waals surface area contributed by atoms with E-state index in [0.29, 0.717) is 7.11 Å². The van der Waals surface area contributed by atoms with Gasteiger partial charge in [0, 0.05) is 7.11 Å². The molecule has 0 aliphatic carbocycles. The Balaban J connectivity index is 0.0000180. The molecule has 5 saturated heterocycles. The molecule has 52 nitrogen and oxygen atoms in total. The molecule has 5 aliphatic heterocycles. The summed E-state index contributed by atoms with van der Waals surface area (Å²) in [6.45, 7) is -5.44. The molecule has 5 rings (SSSR count). The molecule has 0 unspecified atom stereocenters. The van der Waals surface area contributed by atoms with Crippen LogP contribution in [0.4, 0.5) is 0 Å². The van der Waals surface area contributed by atoms with Gasteiger partial charge in [-0.1, -0.05) is 0 Å². The molecule has 0 aromatic heterocycles. The first-order chi connectivity index (χ1) is 41.2. The first-order valence-electron chi connectivity index (χ1n) is 23.4. The molecular formula is C31H43N3NaO49S8-9. The van der Waals surface area contributed by atoms with Gasteiger partial charge in [-0.25, -0.2) is 81.5 Å². The third-order valence-electron chi connectivity index (χ3n) is 12.4. The van der Waals surface area contributed by atoms with Crippen LogP contribution in [-0.4, -0.2) is 327 Å². The summed E-state index contributed by atoms with van der Waals surface area (Å²) in [5, 5.41) is 92.1. The number of aliphatic hydroxyl groups excluding tert-OH is 6. The zero-order valence-electron chi connectivity index (χ0n) is 44.6. The zero-order valence-corrected chi connectivity index (χ0v) is 53.1. The minimum Gasteiger partial charge on any atom is -0.735 e. The summed E-state index contributed by atoms with van der Waals surface area (Å²) in [5.41, 5.74) is 0. The van der Waals surface area contributed by atoms with Gasteiger partial charge >= 0.3 is 29.6 Å². The van der Waals surface area contributed by atoms with Gasteiger partial charge in [-0.3, -0.25) is 20.9 Å². The van der Waals surface area contributed by atoms with E-state index >= 15 is 0 Å². The fourth-order valence-electron chi connectivity index (χ4n) is 8.93. The van der Waals surface area contributed by atoms with Crippen LogP contribution < -0.4 is 53.9 Å². The normalized spacial score (nSPS) is 38.2. The predicted octanol–water partition coefficient (Wildman–Crippen LogP) is -22.2. The topological polar surface area (TPSA) is 834 Å². The number of methoxy groups -OCH3 is 1. The predicted molar refractivity (Wildman–Crippen MR) is 242 cm³/mol. The molecule has 0 aromatic rings. The summed E-state index contributed by atoms with van der Waals surface area (Å²) in [5.74, 6) is -5.54. The maximum Gasteiger partial charge on any atom is 1.00 e. The second kappa shape index (κ2) is 31.6. The van der Waals surface area contributed by atoms with Gasteiger partial charge in [-0.2, -0.15) is 0 Å². The summed E-state index contributed by atoms with van der Waals surface area (Å²) >= 11 is 0. The Morgan fingerprint density at radius 1 is 0.370 bits per heavy atom. The minimum absolute atomic E-state index is 0. The molecule has 9 N–H and O–H groups in total. The first kappa shape index (κ1) is 82.7. The Kier molecular flexibility index (Phi) is 28.4. The van der Waals surface area contributed by atoms with Crippen LogP contribution >= 0.6 is 0 Å². The summed E-state index contributed by atoms with van der Waals surface area (Å²) in [4.78, 5) is 25.5. The van der Waals surface area contributed by atoms with Crippen molar-refractivity contribution in [3.05, 3.63) is 0 Å². The Bertz CT molecular complexity index is 3490. The van der Waals surface area contributed by atoms with Crippen molar-refractivity contribution in [1.82, 2.24) is 14.2 Å². The molecule has 0 aromatic carbocycles. The summed E-state index contributed by atoms with van der Waals surface area (Å²) in [6, 6.07) is -8.60. The number of carboxylic acid groups (broad SMARTS) is 2. The van der Waals surface area contributed by atoms with Crippen LogP contribution in [0.1, 0.15) is 0 Å². The van der Waals surface area contributed by atoms with E-state index in [0.717, 1.165) is 9.44 Å². The second-order valence-electron chi connectivity index (χ2n) is 18.5. The molecule has 0 saturated carbocycles. The fourth-order valence-corrected chi connectivity index (χ4v) is 12.6. The number of ether oxygens (including phenoxy) is 10. The molecule has 5 aliphatic rings. The number of carbonyl (C=O) groups excluding carboxylic acids is 2. The molecule has 5 fully saturated rings. The molecule has 5 heterocycles. The van der Waals surface area contributed by atoms with Crippen molar-refractivity contribution in [2.75, 3.05) is 26.9 Å². The Hall–Kier alpha value is -1.74. The number of aliphatic carboxylic acids is 2. The van der Waals surface area contributed by atoms with E-state index in [1.165, 1.54) is 4.72 Å². The smallest absolute Gasteiger partial charge is 0.735 e. The van der Waals surface area contributed by atoms with Gasteiger partial charge in [-0.05, 0) is 0 Å². The van der Waals surface area contributed by atoms with Crippen LogP contribution in [0.15, 0.2) is 0 Å². The molecule has 92 heavy (non-hydrogen) atoms. The standard InChI is InChI=1S/C31H53N3O49S8.Na/c1-69-27-9(33-85(48,49)50)13(37)17(6(74-27)3-71-88(57,58)59)76-31-22(83-91(66,67)68)16(40)21(24(81-31)26(43)44)79-29-10(34-86(51,52)53)19(82-90(63,64)65)18(7(75-29)4-72-89(60,61)62)77-30-15(39)14(38)20(23(80-30)25(41)42)78-28-8(32-84(45,46)47)12(36)11(35)5(73-28)2-70-87(54,55)56;/h5-24,27-40H,2-4H2,1H3,(H,41,42)(H,43,44)(H,45,46,47)(H,48,49,50)(H,51,52,53)(H,54,55,56)(H,57,58,59)(H,60,61,62)(H,63,64,65)(H,66,67,68);/q;+1/p-10/t5-,6-,7-,8-,9-,10-,11-,12-,13-,14-,15-,16+,17-,18-,19-,20+,21+,22-,23+,24-,27-,28-,29-,30-,31-;/m1./s1. The molecule has 0 radical (unpaired) electrons. The summed E-state index contributed by atoms with van der Waals surface area (Å²) in [7, 11) is -48.4. The number of carbonyl (C=O) groups is 2. The number of hydrogen-bond donors (Lipinski definition) is 9. The third-order valence-corrected chi connectivity index (χ3v) is 16.2. The van der Waals surface area contributed by atoms with Crippen molar-refractivity contribution in [2.24, 2.45) is 0 Å². The zero-order chi connectivity index (χ0) is 69.4. The van der Waals surface area contributed by atoms with Gasteiger partial charge < -0.3 is 134 Å². The molecule has 534 valence electrons. The summed E-state index contributed by atoms with van der Waals surface area (Å²) in [6.07, 6.45) is -66.6. The van der Waals surface area contributed by atoms with Gasteiger partial charge in [0.2, 0.25) is 52.0 Å². The van der Waals surface area contributed by atoms with Crippen LogP contribution in [0.5, 0.6) is 0 Å². The molecular weight excluding hydrogens is 1480 g/mol. The van der Waals surface area contributed by atoms with Gasteiger partial charge in [0.25, 0.3) is 0 Å². The molecule has 0 spiro atoms. The van der Waals surface area contributed by atoms with Crippen molar-refractivity contribution in [3.8, 4) is 0 Å². The quantitative estimate of drug-likeness (QED) is 0.0183. The minimum atomic E-state index is -6.68. The fraction of sp³-hybridized carbons (Fsp3) is 0.935. The van der Waals surface area contributed by atoms with Crippen molar-refractivity contribution in [3.63, 3.8) is 0 Å². The Labute approximate surface area is 538 Å². The largest absolute Gasteiger partial charge is 1.00 e. The van der Waals surface area contributed by atoms with E-state index in [4.69, 9.17) is 47.4 Å². The number of nitrogens with one attached hydrogen (secondary N) is 3. The van der Waals surface area contributed by atoms with E-state index in [9.17, 15) is 154 Å². The van der Waals surface area contributed by atoms with E-state index in [1.807, 2.05) is 0 Å². The SMILES string of the molecule is CO[C@@H]1O[C@H](COS(=O)(=O)[O-])[C@@H](O[C@@H]2O[C@@H](C(=O)[O-])[C@@H](O[C@H]3O[C@H](COS(=O)(=O)[O-])[C@@H](O[C@@H]4O[C@H](C(=O)[O-])[C@@H](O[C@H]5O[C@H](COS(=O)(=O)[O-])[C@@H](O)[C@H](O)[C@H]5NS(=O)(=O)[O-])[C@H](O)[C@H]4O)[C@H](OS(=O)(=O)[O-])[C@H]3NS(=O)(=O)[O-])[C@H](O)[C@H]2OS(=O)(=O)[O-])[C@H](O)[C@H]1NS(=O)(=O)[O-].[Na+]. The van der Waals surface area contributed by atoms with Crippen molar-refractivity contribution in [1.29, 1.82) is 0 Å². The van der Waals surface area contributed by atoms with Crippen molar-refractivity contribution >= 4 is 94.8 Å². The van der Waals surface area contributed by atoms with Gasteiger partial charge in [0.1, 0.15) is 116 Å². The van der Waals surface area contributed by atoms with Crippen LogP contribution in [0.25, 0.3) is 0 Å². The van der Waals surface area contributed by atoms with Crippen LogP contribution in [0.2, 0.25) is 0 Å². The first-order valence-corrected chi connectivity index (χ1v) is 34.3. The van der Waals surface area contributed by atoms with E-state index in [-0.39, 0.29) is 29.6 Å². The molecule has 0 bridgehead atoms. The number of rotatable bonds is 30. The maximum atomic E-state index is 12.8. The Morgan fingerprint density at radius 3 is 1.14 bits per heavy atom. The third kappa shape index (κ3) is 24.0. The van der Waals surface area contributed by atoms with E-state index in [1.54, 1.807) is 0 Å². The van der Waals surface area contributed by atoms with Crippen LogP contribution in [0, 0.1) is 0 Å². The Morgan fingerprint density at radius 2 is 0.717 bits per heavy atom. The average molecular weight is 1520 g/mol. The van der Waals surface area contributed by atoms with Crippen molar-refractivity contribution in [2.45, 2.75) is 153 Å². The summed E-state index contributed by atoms with van der Waals surface area (Å²) < 4.78 is 359. The van der Waals surface area contributed by atoms with Gasteiger partial charge in [0.05, 0.1) is 31.8 Å². The number of carboxylic acids is 2. The van der Waals surface area contributed by atoms with Gasteiger partial charge in [-0.15, -0.1) is 0 Å². The monoisotopic (exact) mass is 1520 g/mol. The molecule has 25 atom stereocenters. The van der Waals surface area contributed by atoms with E-state index < -0.39 is 268 Å². The van der Waals surface area contributed by atoms with E-state index in [2.05, 4.69) is 20.9 Å². The van der Waals surface area contributed by atoms with Crippen molar-refractivity contribution < 1.29 is 252 Å². The number of aliphatic hydroxyl groups is 6. The maximum absolute atomic E-state index is 12.8. The average Bonchev–Trinajstić information content (AvgIpc) is 0.765. The van der Waals surface area contributed by atoms with Crippen LogP contribution in [-0.2, 0) is 161 Å². The molecule has 61 heteroatoms. The molecule has 0 amide bonds. The van der Waals surface area contributed by atoms with Gasteiger partial charge in [0.15, 0.2) is 68.5 Å². The second-order valence-corrected chi connectivity index (χ2v) is 27.1. The van der Waals surface area contributed by atoms with Crippen LogP contribution in [0.3, 0.4) is 0 Å². The number of hydrogen-bond acceptors (Lipinski definition) is 49.